The molecule has 0 radical (unpaired) electrons. The molecule has 1 unspecified atom stereocenters. The van der Waals surface area contributed by atoms with Gasteiger partial charge in [-0.25, -0.2) is 4.39 Å². The second-order valence-corrected chi connectivity index (χ2v) is 9.33. The van der Waals surface area contributed by atoms with Crippen LogP contribution in [0, 0.1) is 11.2 Å². The summed E-state index contributed by atoms with van der Waals surface area (Å²) in [5.74, 6) is 0.543. The van der Waals surface area contributed by atoms with Crippen molar-refractivity contribution >= 4 is 17.3 Å². The van der Waals surface area contributed by atoms with Gasteiger partial charge >= 0.3 is 0 Å². The minimum Gasteiger partial charge on any atom is -0.497 e. The van der Waals surface area contributed by atoms with Crippen molar-refractivity contribution in [1.82, 2.24) is 0 Å². The van der Waals surface area contributed by atoms with Gasteiger partial charge < -0.3 is 24.4 Å². The molecule has 6 nitrogen and oxygen atoms in total. The Morgan fingerprint density at radius 1 is 1.03 bits per heavy atom. The molecule has 4 rings (SSSR count). The van der Waals surface area contributed by atoms with Crippen molar-refractivity contribution in [1.29, 1.82) is 0 Å². The van der Waals surface area contributed by atoms with Crippen LogP contribution in [0.15, 0.2) is 42.5 Å². The van der Waals surface area contributed by atoms with Crippen LogP contribution in [0.2, 0.25) is 0 Å². The molecule has 2 aromatic rings. The van der Waals surface area contributed by atoms with E-state index in [9.17, 15) is 4.39 Å². The molecule has 0 bridgehead atoms. The van der Waals surface area contributed by atoms with E-state index < -0.39 is 5.97 Å². The maximum atomic E-state index is 14.4. The first-order valence-electron chi connectivity index (χ1n) is 11.5. The predicted molar refractivity (Wildman–Crippen MR) is 129 cm³/mol. The van der Waals surface area contributed by atoms with Crippen molar-refractivity contribution < 1.29 is 23.8 Å². The lowest BCUT2D eigenvalue weighted by atomic mass is 9.80. The SMILES string of the molecule is CC(=O)O.COc1ccc(F)c(N2CCC(Oc3ccc(N4CCCC4)cc3)C(C)(C)C2)c1. The number of anilines is 2. The van der Waals surface area contributed by atoms with Gasteiger partial charge in [-0.3, -0.25) is 4.79 Å². The average molecular weight is 459 g/mol. The van der Waals surface area contributed by atoms with E-state index in [-0.39, 0.29) is 17.3 Å². The number of carboxylic acids is 1. The lowest BCUT2D eigenvalue weighted by molar-refractivity contribution is -0.134. The van der Waals surface area contributed by atoms with Crippen LogP contribution >= 0.6 is 0 Å². The number of methoxy groups -OCH3 is 1. The summed E-state index contributed by atoms with van der Waals surface area (Å²) in [7, 11) is 1.61. The second kappa shape index (κ2) is 10.8. The lowest BCUT2D eigenvalue weighted by Gasteiger charge is -2.45. The fourth-order valence-corrected chi connectivity index (χ4v) is 4.50. The largest absolute Gasteiger partial charge is 0.497 e. The Morgan fingerprint density at radius 3 is 2.21 bits per heavy atom. The number of hydrogen-bond acceptors (Lipinski definition) is 5. The van der Waals surface area contributed by atoms with Gasteiger partial charge in [0, 0.05) is 56.7 Å². The summed E-state index contributed by atoms with van der Waals surface area (Å²) < 4.78 is 26.1. The first-order valence-corrected chi connectivity index (χ1v) is 11.5. The van der Waals surface area contributed by atoms with Crippen LogP contribution in [0.5, 0.6) is 11.5 Å². The molecule has 1 atom stereocenters. The van der Waals surface area contributed by atoms with Crippen LogP contribution in [0.1, 0.15) is 40.0 Å². The monoisotopic (exact) mass is 458 g/mol. The van der Waals surface area contributed by atoms with Crippen molar-refractivity contribution in [3.63, 3.8) is 0 Å². The van der Waals surface area contributed by atoms with Gasteiger partial charge in [0.25, 0.3) is 5.97 Å². The molecule has 2 fully saturated rings. The Balaban J connectivity index is 0.000000709. The fraction of sp³-hybridized carbons (Fsp3) is 0.500. The third kappa shape index (κ3) is 6.53. The Labute approximate surface area is 195 Å². The summed E-state index contributed by atoms with van der Waals surface area (Å²) in [6, 6.07) is 13.4. The molecule has 1 N–H and O–H groups in total. The summed E-state index contributed by atoms with van der Waals surface area (Å²) in [5, 5.41) is 7.42. The zero-order chi connectivity index (χ0) is 24.0. The first kappa shape index (κ1) is 24.7. The van der Waals surface area contributed by atoms with E-state index in [4.69, 9.17) is 19.4 Å². The highest BCUT2D eigenvalue weighted by atomic mass is 19.1. The molecule has 0 saturated carbocycles. The maximum absolute atomic E-state index is 14.4. The highest BCUT2D eigenvalue weighted by Gasteiger charge is 2.38. The van der Waals surface area contributed by atoms with Gasteiger partial charge in [0.05, 0.1) is 12.8 Å². The molecule has 2 saturated heterocycles. The summed E-state index contributed by atoms with van der Waals surface area (Å²) in [5.41, 5.74) is 1.77. The van der Waals surface area contributed by atoms with Crippen molar-refractivity contribution in [3.8, 4) is 11.5 Å². The van der Waals surface area contributed by atoms with Crippen LogP contribution in [0.25, 0.3) is 0 Å². The van der Waals surface area contributed by atoms with Crippen LogP contribution in [0.4, 0.5) is 15.8 Å². The number of hydrogen-bond donors (Lipinski definition) is 1. The van der Waals surface area contributed by atoms with Crippen LogP contribution < -0.4 is 19.3 Å². The third-order valence-electron chi connectivity index (χ3n) is 6.21. The van der Waals surface area contributed by atoms with Crippen molar-refractivity contribution in [2.24, 2.45) is 5.41 Å². The number of nitrogens with zero attached hydrogens (tertiary/aromatic N) is 2. The lowest BCUT2D eigenvalue weighted by Crippen LogP contribution is -2.51. The molecule has 180 valence electrons. The van der Waals surface area contributed by atoms with E-state index in [2.05, 4.69) is 47.9 Å². The smallest absolute Gasteiger partial charge is 0.300 e. The molecule has 0 aromatic heterocycles. The first-order chi connectivity index (χ1) is 15.7. The molecule has 2 aromatic carbocycles. The van der Waals surface area contributed by atoms with Gasteiger partial charge in [-0.2, -0.15) is 0 Å². The van der Waals surface area contributed by atoms with Gasteiger partial charge in [-0.1, -0.05) is 13.8 Å². The number of aliphatic carboxylic acids is 1. The fourth-order valence-electron chi connectivity index (χ4n) is 4.50. The molecule has 7 heteroatoms. The minimum atomic E-state index is -0.833. The Bertz CT molecular complexity index is 922. The number of carbonyl (C=O) groups is 1. The third-order valence-corrected chi connectivity index (χ3v) is 6.21. The van der Waals surface area contributed by atoms with Crippen LogP contribution in [-0.2, 0) is 4.79 Å². The number of rotatable bonds is 5. The van der Waals surface area contributed by atoms with E-state index in [0.29, 0.717) is 11.4 Å². The summed E-state index contributed by atoms with van der Waals surface area (Å²) in [4.78, 5) is 13.5. The zero-order valence-corrected chi connectivity index (χ0v) is 20.0. The quantitative estimate of drug-likeness (QED) is 0.664. The Kier molecular flexibility index (Phi) is 8.06. The van der Waals surface area contributed by atoms with Crippen molar-refractivity contribution in [2.75, 3.05) is 43.1 Å². The second-order valence-electron chi connectivity index (χ2n) is 9.33. The van der Waals surface area contributed by atoms with E-state index >= 15 is 0 Å². The van der Waals surface area contributed by atoms with Crippen LogP contribution in [0.3, 0.4) is 0 Å². The molecule has 0 aliphatic carbocycles. The standard InChI is InChI=1S/C24H31FN2O2.C2H4O2/c1-24(2)17-27(22-16-20(28-3)10-11-21(22)25)15-12-23(24)29-19-8-6-18(7-9-19)26-13-4-5-14-26;1-2(3)4/h6-11,16,23H,4-5,12-15,17H2,1-3H3;1H3,(H,3,4). The molecule has 33 heavy (non-hydrogen) atoms. The minimum absolute atomic E-state index is 0.0880. The van der Waals surface area contributed by atoms with Crippen molar-refractivity contribution in [3.05, 3.63) is 48.3 Å². The van der Waals surface area contributed by atoms with E-state index in [1.165, 1.54) is 24.6 Å². The number of ether oxygens (including phenoxy) is 2. The Morgan fingerprint density at radius 2 is 1.64 bits per heavy atom. The van der Waals surface area contributed by atoms with Gasteiger partial charge in [-0.15, -0.1) is 0 Å². The molecule has 2 heterocycles. The summed E-state index contributed by atoms with van der Waals surface area (Å²) in [6.45, 7) is 9.25. The maximum Gasteiger partial charge on any atom is 0.300 e. The number of carboxylic acid groups (broad SMARTS) is 1. The highest BCUT2D eigenvalue weighted by molar-refractivity contribution is 5.63. The Hall–Kier alpha value is -2.96. The molecular formula is C26H35FN2O4. The summed E-state index contributed by atoms with van der Waals surface area (Å²) >= 11 is 0. The predicted octanol–water partition coefficient (Wildman–Crippen LogP) is 5.21. The number of benzene rings is 2. The molecule has 2 aliphatic rings. The van der Waals surface area contributed by atoms with E-state index in [1.807, 2.05) is 0 Å². The molecular weight excluding hydrogens is 423 g/mol. The van der Waals surface area contributed by atoms with Gasteiger partial charge in [0.2, 0.25) is 0 Å². The molecule has 0 spiro atoms. The average Bonchev–Trinajstić information content (AvgIpc) is 3.30. The van der Waals surface area contributed by atoms with Gasteiger partial charge in [0.1, 0.15) is 23.4 Å². The number of piperidine rings is 1. The van der Waals surface area contributed by atoms with Gasteiger partial charge in [-0.05, 0) is 49.2 Å². The zero-order valence-electron chi connectivity index (χ0n) is 20.0. The summed E-state index contributed by atoms with van der Waals surface area (Å²) in [6.07, 6.45) is 3.49. The number of halogens is 1. The van der Waals surface area contributed by atoms with Gasteiger partial charge in [0.15, 0.2) is 0 Å². The van der Waals surface area contributed by atoms with E-state index in [1.54, 1.807) is 19.2 Å². The van der Waals surface area contributed by atoms with Crippen molar-refractivity contribution in [2.45, 2.75) is 46.1 Å². The topological polar surface area (TPSA) is 62.2 Å². The van der Waals surface area contributed by atoms with Crippen LogP contribution in [-0.4, -0.2) is 50.5 Å². The molecule has 0 amide bonds. The highest BCUT2D eigenvalue weighted by Crippen LogP contribution is 2.37. The normalized spacial score (nSPS) is 19.5. The van der Waals surface area contributed by atoms with E-state index in [0.717, 1.165) is 45.3 Å². The molecule has 2 aliphatic heterocycles.